The van der Waals surface area contributed by atoms with E-state index >= 15 is 0 Å². The van der Waals surface area contributed by atoms with Gasteiger partial charge in [-0.3, -0.25) is 0 Å². The Bertz CT molecular complexity index is 388. The van der Waals surface area contributed by atoms with Crippen LogP contribution in [0.5, 0.6) is 0 Å². The number of pyridine rings is 1. The standard InChI is InChI=1S/C9H10N2.2C2H6/c1-7-3-5-10-9-8(7)4-6-11(9)2;2*1-2/h3-6H,1-2H3;2*1-2H3. The lowest BCUT2D eigenvalue weighted by molar-refractivity contribution is 0.948. The van der Waals surface area contributed by atoms with E-state index in [0.29, 0.717) is 0 Å². The summed E-state index contributed by atoms with van der Waals surface area (Å²) in [4.78, 5) is 4.26. The van der Waals surface area contributed by atoms with E-state index in [1.165, 1.54) is 10.9 Å². The number of hydrogen-bond acceptors (Lipinski definition) is 1. The first-order valence-electron chi connectivity index (χ1n) is 5.65. The maximum absolute atomic E-state index is 4.26. The molecule has 84 valence electrons. The number of rotatable bonds is 0. The fourth-order valence-corrected chi connectivity index (χ4v) is 1.30. The molecule has 2 heteroatoms. The van der Waals surface area contributed by atoms with Crippen molar-refractivity contribution in [2.75, 3.05) is 0 Å². The van der Waals surface area contributed by atoms with Gasteiger partial charge in [0.05, 0.1) is 0 Å². The number of nitrogens with zero attached hydrogens (tertiary/aromatic N) is 2. The van der Waals surface area contributed by atoms with Crippen LogP contribution in [0.4, 0.5) is 0 Å². The van der Waals surface area contributed by atoms with Crippen molar-refractivity contribution in [1.82, 2.24) is 9.55 Å². The second-order valence-electron chi connectivity index (χ2n) is 2.79. The van der Waals surface area contributed by atoms with Crippen LogP contribution in [0.1, 0.15) is 33.3 Å². The highest BCUT2D eigenvalue weighted by Gasteiger charge is 1.99. The zero-order chi connectivity index (χ0) is 11.8. The van der Waals surface area contributed by atoms with Gasteiger partial charge in [-0.05, 0) is 24.6 Å². The van der Waals surface area contributed by atoms with Gasteiger partial charge in [-0.1, -0.05) is 27.7 Å². The quantitative estimate of drug-likeness (QED) is 0.638. The van der Waals surface area contributed by atoms with Gasteiger partial charge in [0, 0.05) is 24.8 Å². The highest BCUT2D eigenvalue weighted by Crippen LogP contribution is 2.15. The molecule has 0 fully saturated rings. The third-order valence-corrected chi connectivity index (χ3v) is 1.99. The highest BCUT2D eigenvalue weighted by molar-refractivity contribution is 5.79. The minimum Gasteiger partial charge on any atom is -0.336 e. The Hall–Kier alpha value is -1.31. The first-order chi connectivity index (χ1) is 7.29. The van der Waals surface area contributed by atoms with Crippen molar-refractivity contribution in [3.8, 4) is 0 Å². The van der Waals surface area contributed by atoms with E-state index in [2.05, 4.69) is 18.0 Å². The first-order valence-corrected chi connectivity index (χ1v) is 5.65. The lowest BCUT2D eigenvalue weighted by Gasteiger charge is -1.95. The number of hydrogen-bond donors (Lipinski definition) is 0. The van der Waals surface area contributed by atoms with Crippen molar-refractivity contribution in [1.29, 1.82) is 0 Å². The van der Waals surface area contributed by atoms with Gasteiger partial charge in [0.1, 0.15) is 5.65 Å². The smallest absolute Gasteiger partial charge is 0.139 e. The van der Waals surface area contributed by atoms with Gasteiger partial charge in [0.25, 0.3) is 0 Å². The molecule has 2 nitrogen and oxygen atoms in total. The molecule has 0 radical (unpaired) electrons. The van der Waals surface area contributed by atoms with Gasteiger partial charge < -0.3 is 4.57 Å². The molecular weight excluding hydrogens is 184 g/mol. The van der Waals surface area contributed by atoms with Gasteiger partial charge in [-0.2, -0.15) is 0 Å². The minimum atomic E-state index is 1.06. The number of aryl methyl sites for hydroxylation is 2. The lowest BCUT2D eigenvalue weighted by atomic mass is 10.2. The second-order valence-corrected chi connectivity index (χ2v) is 2.79. The summed E-state index contributed by atoms with van der Waals surface area (Å²) in [6.07, 6.45) is 3.88. The molecule has 0 aliphatic carbocycles. The summed E-state index contributed by atoms with van der Waals surface area (Å²) in [6.45, 7) is 10.1. The molecule has 0 saturated heterocycles. The van der Waals surface area contributed by atoms with Crippen LogP contribution in [0, 0.1) is 6.92 Å². The normalized spacial score (nSPS) is 8.67. The number of fused-ring (bicyclic) bond motifs is 1. The molecule has 0 spiro atoms. The van der Waals surface area contributed by atoms with E-state index in [9.17, 15) is 0 Å². The lowest BCUT2D eigenvalue weighted by Crippen LogP contribution is -1.87. The maximum Gasteiger partial charge on any atom is 0.139 e. The molecule has 0 unspecified atom stereocenters. The molecule has 0 atom stereocenters. The Balaban J connectivity index is 0.000000442. The molecule has 2 rings (SSSR count). The molecule has 0 aromatic carbocycles. The average Bonchev–Trinajstić information content (AvgIpc) is 2.68. The van der Waals surface area contributed by atoms with E-state index in [1.807, 2.05) is 57.8 Å². The van der Waals surface area contributed by atoms with Crippen molar-refractivity contribution in [2.45, 2.75) is 34.6 Å². The fourth-order valence-electron chi connectivity index (χ4n) is 1.30. The molecule has 0 saturated carbocycles. The third-order valence-electron chi connectivity index (χ3n) is 1.99. The maximum atomic E-state index is 4.26. The summed E-state index contributed by atoms with van der Waals surface area (Å²) < 4.78 is 2.03. The van der Waals surface area contributed by atoms with Gasteiger partial charge in [-0.15, -0.1) is 0 Å². The summed E-state index contributed by atoms with van der Waals surface area (Å²) >= 11 is 0. The van der Waals surface area contributed by atoms with E-state index in [-0.39, 0.29) is 0 Å². The second kappa shape index (κ2) is 7.04. The minimum absolute atomic E-state index is 1.06. The van der Waals surface area contributed by atoms with E-state index in [0.717, 1.165) is 5.65 Å². The molecule has 0 N–H and O–H groups in total. The largest absolute Gasteiger partial charge is 0.336 e. The highest BCUT2D eigenvalue weighted by atomic mass is 15.0. The Morgan fingerprint density at radius 2 is 1.67 bits per heavy atom. The van der Waals surface area contributed by atoms with Crippen molar-refractivity contribution in [3.05, 3.63) is 30.1 Å². The Morgan fingerprint density at radius 1 is 1.07 bits per heavy atom. The van der Waals surface area contributed by atoms with Crippen LogP contribution in [0.15, 0.2) is 24.5 Å². The van der Waals surface area contributed by atoms with E-state index in [4.69, 9.17) is 0 Å². The van der Waals surface area contributed by atoms with Crippen molar-refractivity contribution < 1.29 is 0 Å². The fraction of sp³-hybridized carbons (Fsp3) is 0.462. The topological polar surface area (TPSA) is 17.8 Å². The van der Waals surface area contributed by atoms with Crippen LogP contribution < -0.4 is 0 Å². The predicted molar refractivity (Wildman–Crippen MR) is 68.1 cm³/mol. The molecule has 0 amide bonds. The van der Waals surface area contributed by atoms with Crippen LogP contribution in [0.3, 0.4) is 0 Å². The van der Waals surface area contributed by atoms with Crippen LogP contribution in [-0.4, -0.2) is 9.55 Å². The molecule has 0 aliphatic heterocycles. The Kier molecular flexibility index (Phi) is 6.43. The summed E-state index contributed by atoms with van der Waals surface area (Å²) in [5, 5.41) is 1.25. The average molecular weight is 206 g/mol. The molecule has 2 aromatic rings. The van der Waals surface area contributed by atoms with Crippen LogP contribution in [0.2, 0.25) is 0 Å². The van der Waals surface area contributed by atoms with E-state index < -0.39 is 0 Å². The zero-order valence-electron chi connectivity index (χ0n) is 10.7. The van der Waals surface area contributed by atoms with Gasteiger partial charge in [0.15, 0.2) is 0 Å². The van der Waals surface area contributed by atoms with Crippen molar-refractivity contribution in [3.63, 3.8) is 0 Å². The first kappa shape index (κ1) is 13.7. The monoisotopic (exact) mass is 206 g/mol. The Morgan fingerprint density at radius 3 is 2.20 bits per heavy atom. The summed E-state index contributed by atoms with van der Waals surface area (Å²) in [5.41, 5.74) is 2.35. The molecule has 0 bridgehead atoms. The van der Waals surface area contributed by atoms with Crippen LogP contribution in [-0.2, 0) is 7.05 Å². The third kappa shape index (κ3) is 3.08. The molecule has 15 heavy (non-hydrogen) atoms. The van der Waals surface area contributed by atoms with Crippen molar-refractivity contribution >= 4 is 11.0 Å². The van der Waals surface area contributed by atoms with Crippen molar-refractivity contribution in [2.24, 2.45) is 7.05 Å². The molecular formula is C13H22N2. The Labute approximate surface area is 93.0 Å². The molecule has 0 aliphatic rings. The summed E-state index contributed by atoms with van der Waals surface area (Å²) in [5.74, 6) is 0. The molecule has 2 heterocycles. The molecule has 2 aromatic heterocycles. The van der Waals surface area contributed by atoms with E-state index in [1.54, 1.807) is 0 Å². The number of aromatic nitrogens is 2. The van der Waals surface area contributed by atoms with Gasteiger partial charge >= 0.3 is 0 Å². The zero-order valence-corrected chi connectivity index (χ0v) is 10.7. The van der Waals surface area contributed by atoms with Crippen LogP contribution in [0.25, 0.3) is 11.0 Å². The SMILES string of the molecule is CC.CC.Cc1ccnc2c1ccn2C. The van der Waals surface area contributed by atoms with Gasteiger partial charge in [0.2, 0.25) is 0 Å². The summed E-state index contributed by atoms with van der Waals surface area (Å²) in [7, 11) is 2.01. The summed E-state index contributed by atoms with van der Waals surface area (Å²) in [6, 6.07) is 4.12. The van der Waals surface area contributed by atoms with Crippen LogP contribution >= 0.6 is 0 Å². The van der Waals surface area contributed by atoms with Gasteiger partial charge in [-0.25, -0.2) is 4.98 Å². The predicted octanol–water partition coefficient (Wildman–Crippen LogP) is 3.93.